The smallest absolute Gasteiger partial charge is 0.262 e. The second-order valence-corrected chi connectivity index (χ2v) is 6.38. The number of hydrogen-bond donors (Lipinski definition) is 3. The normalized spacial score (nSPS) is 12.0. The number of anilines is 1. The number of hydrogen-bond acceptors (Lipinski definition) is 5. The molecule has 1 amide bonds. The van der Waals surface area contributed by atoms with Gasteiger partial charge in [0, 0.05) is 15.7 Å². The average Bonchev–Trinajstić information content (AvgIpc) is 2.59. The molecular formula is C18H20BrN3O3. The van der Waals surface area contributed by atoms with Gasteiger partial charge in [-0.05, 0) is 37.6 Å². The molecule has 25 heavy (non-hydrogen) atoms. The Balaban J connectivity index is 2.01. The maximum absolute atomic E-state index is 12.1. The van der Waals surface area contributed by atoms with Gasteiger partial charge < -0.3 is 15.2 Å². The summed E-state index contributed by atoms with van der Waals surface area (Å²) in [5, 5.41) is 17.1. The van der Waals surface area contributed by atoms with E-state index < -0.39 is 6.04 Å². The molecular weight excluding hydrogens is 386 g/mol. The number of amides is 1. The van der Waals surface area contributed by atoms with Crippen molar-refractivity contribution in [3.05, 3.63) is 52.0 Å². The highest BCUT2D eigenvalue weighted by Crippen LogP contribution is 2.32. The van der Waals surface area contributed by atoms with Crippen LogP contribution in [0.2, 0.25) is 0 Å². The minimum atomic E-state index is -0.469. The Morgan fingerprint density at radius 2 is 2.08 bits per heavy atom. The maximum atomic E-state index is 12.1. The number of nitrogens with zero attached hydrogens (tertiary/aromatic N) is 1. The van der Waals surface area contributed by atoms with E-state index in [1.807, 2.05) is 31.2 Å². The molecule has 0 spiro atoms. The van der Waals surface area contributed by atoms with E-state index in [0.717, 1.165) is 15.7 Å². The number of phenolic OH excluding ortho intramolecular Hbond substituents is 1. The van der Waals surface area contributed by atoms with Crippen molar-refractivity contribution < 1.29 is 14.6 Å². The van der Waals surface area contributed by atoms with Crippen molar-refractivity contribution >= 4 is 33.7 Å². The number of aromatic hydroxyl groups is 1. The van der Waals surface area contributed by atoms with E-state index in [1.54, 1.807) is 19.1 Å². The number of carbonyl (C=O) groups is 1. The number of rotatable bonds is 6. The standard InChI is InChI=1S/C18H20BrN3O3/c1-11-6-4-5-7-15(11)21-12(2)18(24)22-20-10-13-8-14(19)9-16(25-3)17(13)23/h4-10,12,21,23H,1-3H3,(H,22,24)/b20-10+/t12-/m0/s1. The van der Waals surface area contributed by atoms with Crippen molar-refractivity contribution in [2.75, 3.05) is 12.4 Å². The molecule has 2 aromatic rings. The number of phenols is 1. The Morgan fingerprint density at radius 1 is 1.36 bits per heavy atom. The Kier molecular flexibility index (Phi) is 6.41. The summed E-state index contributed by atoms with van der Waals surface area (Å²) in [6.45, 7) is 3.71. The Hall–Kier alpha value is -2.54. The number of benzene rings is 2. The zero-order valence-corrected chi connectivity index (χ0v) is 15.8. The molecule has 0 aromatic heterocycles. The second kappa shape index (κ2) is 8.53. The quantitative estimate of drug-likeness (QED) is 0.507. The molecule has 0 aliphatic heterocycles. The molecule has 0 heterocycles. The number of hydrazone groups is 1. The number of nitrogens with one attached hydrogen (secondary N) is 2. The van der Waals surface area contributed by atoms with E-state index in [4.69, 9.17) is 4.74 Å². The summed E-state index contributed by atoms with van der Waals surface area (Å²) < 4.78 is 5.80. The fourth-order valence-electron chi connectivity index (χ4n) is 2.14. The van der Waals surface area contributed by atoms with E-state index in [1.165, 1.54) is 13.3 Å². The molecule has 2 aromatic carbocycles. The highest BCUT2D eigenvalue weighted by atomic mass is 79.9. The van der Waals surface area contributed by atoms with Crippen LogP contribution >= 0.6 is 15.9 Å². The zero-order valence-electron chi connectivity index (χ0n) is 14.2. The molecule has 7 heteroatoms. The van der Waals surface area contributed by atoms with Crippen LogP contribution in [0.1, 0.15) is 18.1 Å². The molecule has 3 N–H and O–H groups in total. The van der Waals surface area contributed by atoms with Crippen LogP contribution in [0, 0.1) is 6.92 Å². The minimum absolute atomic E-state index is 0.0465. The highest BCUT2D eigenvalue weighted by Gasteiger charge is 2.13. The van der Waals surface area contributed by atoms with Crippen LogP contribution in [-0.2, 0) is 4.79 Å². The SMILES string of the molecule is COc1cc(Br)cc(/C=N/NC(=O)[C@H](C)Nc2ccccc2C)c1O. The molecule has 6 nitrogen and oxygen atoms in total. The van der Waals surface area contributed by atoms with Crippen LogP contribution < -0.4 is 15.5 Å². The summed E-state index contributed by atoms with van der Waals surface area (Å²) in [6, 6.07) is 10.6. The van der Waals surface area contributed by atoms with Gasteiger partial charge in [0.1, 0.15) is 6.04 Å². The number of methoxy groups -OCH3 is 1. The Morgan fingerprint density at radius 3 is 2.76 bits per heavy atom. The molecule has 0 saturated carbocycles. The van der Waals surface area contributed by atoms with Crippen molar-refractivity contribution in [2.45, 2.75) is 19.9 Å². The first-order valence-electron chi connectivity index (χ1n) is 7.64. The summed E-state index contributed by atoms with van der Waals surface area (Å²) in [7, 11) is 1.46. The molecule has 0 fully saturated rings. The first-order chi connectivity index (χ1) is 11.9. The van der Waals surface area contributed by atoms with Gasteiger partial charge in [0.2, 0.25) is 0 Å². The number of ether oxygens (including phenoxy) is 1. The molecule has 2 rings (SSSR count). The van der Waals surface area contributed by atoms with Gasteiger partial charge in [-0.3, -0.25) is 4.79 Å². The van der Waals surface area contributed by atoms with E-state index in [-0.39, 0.29) is 11.7 Å². The lowest BCUT2D eigenvalue weighted by molar-refractivity contribution is -0.121. The van der Waals surface area contributed by atoms with Crippen molar-refractivity contribution in [3.8, 4) is 11.5 Å². The number of carbonyl (C=O) groups excluding carboxylic acids is 1. The predicted octanol–water partition coefficient (Wildman–Crippen LogP) is 3.42. The predicted molar refractivity (Wildman–Crippen MR) is 102 cm³/mol. The monoisotopic (exact) mass is 405 g/mol. The molecule has 0 aliphatic rings. The molecule has 0 unspecified atom stereocenters. The highest BCUT2D eigenvalue weighted by molar-refractivity contribution is 9.10. The lowest BCUT2D eigenvalue weighted by atomic mass is 10.2. The van der Waals surface area contributed by atoms with Gasteiger partial charge in [0.05, 0.1) is 13.3 Å². The lowest BCUT2D eigenvalue weighted by Crippen LogP contribution is -2.35. The van der Waals surface area contributed by atoms with Gasteiger partial charge in [0.15, 0.2) is 11.5 Å². The Bertz CT molecular complexity index is 793. The summed E-state index contributed by atoms with van der Waals surface area (Å²) in [6.07, 6.45) is 1.36. The molecule has 0 aliphatic carbocycles. The van der Waals surface area contributed by atoms with Crippen LogP contribution in [0.5, 0.6) is 11.5 Å². The van der Waals surface area contributed by atoms with Gasteiger partial charge in [0.25, 0.3) is 5.91 Å². The van der Waals surface area contributed by atoms with Crippen molar-refractivity contribution in [3.63, 3.8) is 0 Å². The average molecular weight is 406 g/mol. The topological polar surface area (TPSA) is 83.0 Å². The number of para-hydroxylation sites is 1. The maximum Gasteiger partial charge on any atom is 0.262 e. The molecule has 0 saturated heterocycles. The van der Waals surface area contributed by atoms with Crippen molar-refractivity contribution in [2.24, 2.45) is 5.10 Å². The third-order valence-corrected chi connectivity index (χ3v) is 4.04. The van der Waals surface area contributed by atoms with Crippen LogP contribution in [0.15, 0.2) is 46.0 Å². The third-order valence-electron chi connectivity index (χ3n) is 3.58. The first-order valence-corrected chi connectivity index (χ1v) is 8.43. The first kappa shape index (κ1) is 18.8. The zero-order chi connectivity index (χ0) is 18.4. The Labute approximate surface area is 155 Å². The summed E-state index contributed by atoms with van der Waals surface area (Å²) in [4.78, 5) is 12.1. The fourth-order valence-corrected chi connectivity index (χ4v) is 2.60. The van der Waals surface area contributed by atoms with Crippen LogP contribution in [0.4, 0.5) is 5.69 Å². The minimum Gasteiger partial charge on any atom is -0.504 e. The summed E-state index contributed by atoms with van der Waals surface area (Å²) in [5.74, 6) is -0.0209. The van der Waals surface area contributed by atoms with Crippen molar-refractivity contribution in [1.82, 2.24) is 5.43 Å². The van der Waals surface area contributed by atoms with Crippen LogP contribution in [-0.4, -0.2) is 30.4 Å². The lowest BCUT2D eigenvalue weighted by Gasteiger charge is -2.15. The van der Waals surface area contributed by atoms with Gasteiger partial charge in [-0.15, -0.1) is 0 Å². The fraction of sp³-hybridized carbons (Fsp3) is 0.222. The van der Waals surface area contributed by atoms with Gasteiger partial charge >= 0.3 is 0 Å². The van der Waals surface area contributed by atoms with Gasteiger partial charge in [-0.1, -0.05) is 34.1 Å². The second-order valence-electron chi connectivity index (χ2n) is 5.46. The van der Waals surface area contributed by atoms with Crippen molar-refractivity contribution in [1.29, 1.82) is 0 Å². The van der Waals surface area contributed by atoms with E-state index in [2.05, 4.69) is 31.8 Å². The molecule has 0 radical (unpaired) electrons. The third kappa shape index (κ3) is 4.96. The van der Waals surface area contributed by atoms with Gasteiger partial charge in [-0.2, -0.15) is 5.10 Å². The summed E-state index contributed by atoms with van der Waals surface area (Å²) >= 11 is 3.33. The van der Waals surface area contributed by atoms with Gasteiger partial charge in [-0.25, -0.2) is 5.43 Å². The molecule has 0 bridgehead atoms. The number of aryl methyl sites for hydroxylation is 1. The van der Waals surface area contributed by atoms with Crippen LogP contribution in [0.3, 0.4) is 0 Å². The number of halogens is 1. The van der Waals surface area contributed by atoms with E-state index in [0.29, 0.717) is 11.3 Å². The molecule has 132 valence electrons. The van der Waals surface area contributed by atoms with Crippen LogP contribution in [0.25, 0.3) is 0 Å². The largest absolute Gasteiger partial charge is 0.504 e. The van der Waals surface area contributed by atoms with E-state index in [9.17, 15) is 9.90 Å². The van der Waals surface area contributed by atoms with E-state index >= 15 is 0 Å². The summed E-state index contributed by atoms with van der Waals surface area (Å²) in [5.41, 5.74) is 4.82. The molecule has 1 atom stereocenters.